The van der Waals surface area contributed by atoms with Crippen LogP contribution in [0.25, 0.3) is 0 Å². The number of nitro benzene ring substituents is 1. The maximum Gasteiger partial charge on any atom is 0.289 e. The summed E-state index contributed by atoms with van der Waals surface area (Å²) in [5, 5.41) is 26.2. The number of nitrogens with zero attached hydrogens (tertiary/aromatic N) is 3. The largest absolute Gasteiger partial charge is 0.865 e. The van der Waals surface area contributed by atoms with Gasteiger partial charge in [0.25, 0.3) is 11.6 Å². The number of hydrogen-bond donors (Lipinski definition) is 1. The summed E-state index contributed by atoms with van der Waals surface area (Å²) in [4.78, 5) is 25.6. The van der Waals surface area contributed by atoms with E-state index in [9.17, 15) is 20.0 Å². The first-order valence-electron chi connectivity index (χ1n) is 6.31. The molecule has 0 bridgehead atoms. The number of carbonyl (C=O) groups excluding carboxylic acids is 1. The molecule has 118 valence electrons. The van der Waals surface area contributed by atoms with Gasteiger partial charge in [-0.1, -0.05) is 6.07 Å². The van der Waals surface area contributed by atoms with Crippen molar-refractivity contribution in [2.45, 2.75) is 0 Å². The molecule has 1 amide bonds. The van der Waals surface area contributed by atoms with Gasteiger partial charge in [0.1, 0.15) is 11.4 Å². The maximum absolute atomic E-state index is 11.7. The summed E-state index contributed by atoms with van der Waals surface area (Å²) in [6.07, 6.45) is 2.62. The SMILES string of the molecule is COc1cc(/C=N\NC(=O)c2ccccn2)cc([N+](=O)[O-])c1[O-]. The van der Waals surface area contributed by atoms with Crippen LogP contribution in [0, 0.1) is 10.1 Å². The van der Waals surface area contributed by atoms with E-state index in [0.29, 0.717) is 0 Å². The van der Waals surface area contributed by atoms with Crippen molar-refractivity contribution in [1.82, 2.24) is 10.4 Å². The third kappa shape index (κ3) is 3.79. The number of aromatic nitrogens is 1. The van der Waals surface area contributed by atoms with E-state index in [0.717, 1.165) is 12.3 Å². The second-order valence-electron chi connectivity index (χ2n) is 4.24. The van der Waals surface area contributed by atoms with Crippen LogP contribution in [-0.4, -0.2) is 29.1 Å². The Balaban J connectivity index is 2.18. The van der Waals surface area contributed by atoms with Gasteiger partial charge in [-0.25, -0.2) is 5.43 Å². The Morgan fingerprint density at radius 3 is 2.83 bits per heavy atom. The van der Waals surface area contributed by atoms with Crippen molar-refractivity contribution in [2.75, 3.05) is 7.11 Å². The fraction of sp³-hybridized carbons (Fsp3) is 0.0714. The van der Waals surface area contributed by atoms with Crippen molar-refractivity contribution >= 4 is 17.8 Å². The summed E-state index contributed by atoms with van der Waals surface area (Å²) >= 11 is 0. The van der Waals surface area contributed by atoms with Crippen LogP contribution in [0.15, 0.2) is 41.6 Å². The molecular weight excluding hydrogens is 304 g/mol. The second-order valence-corrected chi connectivity index (χ2v) is 4.24. The Labute approximate surface area is 130 Å². The van der Waals surface area contributed by atoms with Crippen LogP contribution < -0.4 is 15.3 Å². The number of rotatable bonds is 5. The molecule has 0 fully saturated rings. The zero-order valence-electron chi connectivity index (χ0n) is 11.9. The molecule has 0 aliphatic rings. The van der Waals surface area contributed by atoms with Gasteiger partial charge in [-0.05, 0) is 18.2 Å². The van der Waals surface area contributed by atoms with Crippen LogP contribution in [-0.2, 0) is 0 Å². The molecule has 23 heavy (non-hydrogen) atoms. The van der Waals surface area contributed by atoms with Crippen molar-refractivity contribution in [2.24, 2.45) is 5.10 Å². The number of benzene rings is 1. The number of methoxy groups -OCH3 is 1. The zero-order valence-corrected chi connectivity index (χ0v) is 11.9. The molecule has 0 saturated heterocycles. The van der Waals surface area contributed by atoms with Gasteiger partial charge in [0.15, 0.2) is 0 Å². The Morgan fingerprint density at radius 1 is 1.43 bits per heavy atom. The molecule has 0 unspecified atom stereocenters. The second kappa shape index (κ2) is 6.98. The highest BCUT2D eigenvalue weighted by molar-refractivity contribution is 5.93. The normalized spacial score (nSPS) is 10.5. The summed E-state index contributed by atoms with van der Waals surface area (Å²) < 4.78 is 4.80. The Morgan fingerprint density at radius 2 is 2.22 bits per heavy atom. The highest BCUT2D eigenvalue weighted by Crippen LogP contribution is 2.33. The number of amides is 1. The smallest absolute Gasteiger partial charge is 0.289 e. The molecule has 2 rings (SSSR count). The predicted octanol–water partition coefficient (Wildman–Crippen LogP) is 0.836. The molecule has 0 atom stereocenters. The lowest BCUT2D eigenvalue weighted by molar-refractivity contribution is -0.398. The van der Waals surface area contributed by atoms with Crippen LogP contribution in [0.2, 0.25) is 0 Å². The topological polar surface area (TPSA) is 130 Å². The van der Waals surface area contributed by atoms with Crippen molar-refractivity contribution in [3.63, 3.8) is 0 Å². The van der Waals surface area contributed by atoms with Crippen LogP contribution in [0.5, 0.6) is 11.5 Å². The Bertz CT molecular complexity index is 761. The van der Waals surface area contributed by atoms with Gasteiger partial charge in [0.05, 0.1) is 18.2 Å². The van der Waals surface area contributed by atoms with Crippen LogP contribution in [0.3, 0.4) is 0 Å². The standard InChI is InChI=1S/C14H12N4O5/c1-23-12-7-9(6-11(13(12)19)18(21)22)8-16-17-14(20)10-4-2-3-5-15-10/h2-8,19H,1H3,(H,17,20)/p-1/b16-8-. The predicted molar refractivity (Wildman–Crippen MR) is 78.4 cm³/mol. The van der Waals surface area contributed by atoms with E-state index in [1.807, 2.05) is 0 Å². The Kier molecular flexibility index (Phi) is 4.82. The number of nitrogens with one attached hydrogen (secondary N) is 1. The van der Waals surface area contributed by atoms with Crippen molar-refractivity contribution < 1.29 is 19.6 Å². The summed E-state index contributed by atoms with van der Waals surface area (Å²) in [6, 6.07) is 7.14. The molecule has 9 nitrogen and oxygen atoms in total. The van der Waals surface area contributed by atoms with Crippen LogP contribution in [0.1, 0.15) is 16.1 Å². The Hall–Kier alpha value is -3.49. The maximum atomic E-state index is 11.7. The number of nitro groups is 1. The highest BCUT2D eigenvalue weighted by Gasteiger charge is 2.12. The molecule has 2 aromatic rings. The molecule has 1 N–H and O–H groups in total. The van der Waals surface area contributed by atoms with E-state index >= 15 is 0 Å². The molecule has 1 heterocycles. The molecule has 9 heteroatoms. The van der Waals surface area contributed by atoms with Crippen LogP contribution in [0.4, 0.5) is 5.69 Å². The lowest BCUT2D eigenvalue weighted by Gasteiger charge is -2.12. The number of ether oxygens (including phenoxy) is 1. The molecule has 1 aromatic carbocycles. The molecule has 0 aliphatic heterocycles. The summed E-state index contributed by atoms with van der Waals surface area (Å²) in [6.45, 7) is 0. The third-order valence-electron chi connectivity index (χ3n) is 2.75. The average molecular weight is 315 g/mol. The lowest BCUT2D eigenvalue weighted by Crippen LogP contribution is -2.18. The first-order valence-corrected chi connectivity index (χ1v) is 6.31. The lowest BCUT2D eigenvalue weighted by atomic mass is 10.2. The van der Waals surface area contributed by atoms with E-state index in [1.54, 1.807) is 12.1 Å². The fourth-order valence-electron chi connectivity index (χ4n) is 1.69. The van der Waals surface area contributed by atoms with Gasteiger partial charge in [-0.2, -0.15) is 5.10 Å². The number of pyridine rings is 1. The molecule has 0 aliphatic carbocycles. The summed E-state index contributed by atoms with van der Waals surface area (Å²) in [5.74, 6) is -1.55. The third-order valence-corrected chi connectivity index (χ3v) is 2.75. The fourth-order valence-corrected chi connectivity index (χ4v) is 1.69. The molecule has 0 radical (unpaired) electrons. The van der Waals surface area contributed by atoms with E-state index in [1.165, 1.54) is 25.4 Å². The first kappa shape index (κ1) is 15.9. The zero-order chi connectivity index (χ0) is 16.8. The van der Waals surface area contributed by atoms with Crippen molar-refractivity contribution in [1.29, 1.82) is 0 Å². The minimum Gasteiger partial charge on any atom is -0.865 e. The van der Waals surface area contributed by atoms with E-state index in [-0.39, 0.29) is 17.0 Å². The van der Waals surface area contributed by atoms with Gasteiger partial charge in [-0.3, -0.25) is 19.9 Å². The molecular formula is C14H11N4O5-. The monoisotopic (exact) mass is 315 g/mol. The van der Waals surface area contributed by atoms with Crippen molar-refractivity contribution in [3.05, 3.63) is 57.9 Å². The van der Waals surface area contributed by atoms with Gasteiger partial charge < -0.3 is 9.84 Å². The summed E-state index contributed by atoms with van der Waals surface area (Å²) in [7, 11) is 1.23. The number of carbonyl (C=O) groups is 1. The van der Waals surface area contributed by atoms with E-state index in [4.69, 9.17) is 4.74 Å². The number of hydrogen-bond acceptors (Lipinski definition) is 7. The molecule has 0 spiro atoms. The minimum absolute atomic E-state index is 0.170. The number of hydrazone groups is 1. The van der Waals surface area contributed by atoms with Gasteiger partial charge in [-0.15, -0.1) is 0 Å². The van der Waals surface area contributed by atoms with Gasteiger partial charge >= 0.3 is 0 Å². The van der Waals surface area contributed by atoms with E-state index < -0.39 is 22.3 Å². The quantitative estimate of drug-likeness (QED) is 0.494. The van der Waals surface area contributed by atoms with Gasteiger partial charge in [0.2, 0.25) is 0 Å². The average Bonchev–Trinajstić information content (AvgIpc) is 2.56. The summed E-state index contributed by atoms with van der Waals surface area (Å²) in [5.41, 5.74) is 1.99. The first-order chi connectivity index (χ1) is 11.0. The molecule has 1 aromatic heterocycles. The van der Waals surface area contributed by atoms with Crippen LogP contribution >= 0.6 is 0 Å². The van der Waals surface area contributed by atoms with Crippen molar-refractivity contribution in [3.8, 4) is 11.5 Å². The minimum atomic E-state index is -0.827. The highest BCUT2D eigenvalue weighted by atomic mass is 16.6. The van der Waals surface area contributed by atoms with E-state index in [2.05, 4.69) is 15.5 Å². The van der Waals surface area contributed by atoms with Gasteiger partial charge in [0, 0.05) is 23.6 Å². The molecule has 0 saturated carbocycles.